The molecule has 146 valence electrons. The predicted octanol–water partition coefficient (Wildman–Crippen LogP) is 2.50. The van der Waals surface area contributed by atoms with Crippen LogP contribution in [0.15, 0.2) is 47.4 Å². The van der Waals surface area contributed by atoms with Gasteiger partial charge in [-0.25, -0.2) is 8.42 Å². The number of anilines is 1. The summed E-state index contributed by atoms with van der Waals surface area (Å²) in [5.41, 5.74) is 1.84. The van der Waals surface area contributed by atoms with Crippen molar-refractivity contribution in [3.8, 4) is 0 Å². The van der Waals surface area contributed by atoms with Gasteiger partial charge in [0.2, 0.25) is 10.0 Å². The third kappa shape index (κ3) is 3.21. The number of non-ortho nitro benzene ring substituents is 1. The third-order valence-electron chi connectivity index (χ3n) is 4.83. The van der Waals surface area contributed by atoms with Crippen molar-refractivity contribution in [2.45, 2.75) is 17.9 Å². The molecule has 0 radical (unpaired) electrons. The number of rotatable bonds is 4. The number of piperazine rings is 1. The third-order valence-corrected chi connectivity index (χ3v) is 7.42. The highest BCUT2D eigenvalue weighted by atomic mass is 32.2. The summed E-state index contributed by atoms with van der Waals surface area (Å²) in [7, 11) is -3.71. The van der Waals surface area contributed by atoms with E-state index in [0.717, 1.165) is 17.4 Å². The largest absolute Gasteiger partial charge is 0.369 e. The van der Waals surface area contributed by atoms with Crippen LogP contribution in [-0.4, -0.2) is 52.1 Å². The molecule has 2 heterocycles. The molecule has 0 aliphatic carbocycles. The number of hydrogen-bond donors (Lipinski definition) is 0. The van der Waals surface area contributed by atoms with E-state index in [4.69, 9.17) is 0 Å². The maximum Gasteiger partial charge on any atom is 0.269 e. The minimum atomic E-state index is -3.71. The summed E-state index contributed by atoms with van der Waals surface area (Å²) in [5.74, 6) is 0. The smallest absolute Gasteiger partial charge is 0.269 e. The number of nitrogens with zero attached hydrogens (tertiary/aromatic N) is 5. The summed E-state index contributed by atoms with van der Waals surface area (Å²) in [6.45, 7) is 3.15. The SMILES string of the molecule is C[C@H]1CN(c2ccc([N+](=O)[O-])cc2)CCN1S(=O)(=O)c1cccc2nsnc12. The highest BCUT2D eigenvalue weighted by molar-refractivity contribution is 7.89. The van der Waals surface area contributed by atoms with Gasteiger partial charge in [-0.05, 0) is 31.2 Å². The minimum absolute atomic E-state index is 0.0305. The Hall–Kier alpha value is -2.63. The lowest BCUT2D eigenvalue weighted by molar-refractivity contribution is -0.384. The zero-order valence-electron chi connectivity index (χ0n) is 14.9. The topological polar surface area (TPSA) is 110 Å². The lowest BCUT2D eigenvalue weighted by atomic mass is 10.2. The first kappa shape index (κ1) is 18.7. The molecule has 1 atom stereocenters. The fourth-order valence-corrected chi connectivity index (χ4v) is 5.80. The Kier molecular flexibility index (Phi) is 4.73. The number of nitro benzene ring substituents is 1. The van der Waals surface area contributed by atoms with E-state index in [1.165, 1.54) is 16.4 Å². The molecule has 2 aromatic carbocycles. The summed E-state index contributed by atoms with van der Waals surface area (Å²) < 4.78 is 36.2. The number of nitro groups is 1. The van der Waals surface area contributed by atoms with Crippen molar-refractivity contribution < 1.29 is 13.3 Å². The van der Waals surface area contributed by atoms with Crippen LogP contribution in [0.5, 0.6) is 0 Å². The Labute approximate surface area is 165 Å². The van der Waals surface area contributed by atoms with Gasteiger partial charge in [0, 0.05) is 43.5 Å². The summed E-state index contributed by atoms with van der Waals surface area (Å²) in [5, 5.41) is 10.8. The van der Waals surface area contributed by atoms with E-state index in [1.54, 1.807) is 30.3 Å². The van der Waals surface area contributed by atoms with Gasteiger partial charge >= 0.3 is 0 Å². The Morgan fingerprint density at radius 2 is 1.89 bits per heavy atom. The lowest BCUT2D eigenvalue weighted by Gasteiger charge is -2.40. The van der Waals surface area contributed by atoms with E-state index in [9.17, 15) is 18.5 Å². The van der Waals surface area contributed by atoms with Crippen molar-refractivity contribution in [3.05, 3.63) is 52.6 Å². The molecule has 1 aromatic heterocycles. The fraction of sp³-hybridized carbons (Fsp3) is 0.294. The molecule has 4 rings (SSSR count). The van der Waals surface area contributed by atoms with Crippen molar-refractivity contribution in [1.29, 1.82) is 0 Å². The maximum absolute atomic E-state index is 13.2. The number of aromatic nitrogens is 2. The Bertz CT molecular complexity index is 1130. The standard InChI is InChI=1S/C17H17N5O4S2/c1-12-11-20(13-5-7-14(8-6-13)22(23)24)9-10-21(12)28(25,26)16-4-2-3-15-17(16)19-27-18-15/h2-8,12H,9-11H2,1H3/t12-/m0/s1. The number of benzene rings is 2. The first-order valence-corrected chi connectivity index (χ1v) is 10.8. The van der Waals surface area contributed by atoms with Gasteiger partial charge in [-0.1, -0.05) is 6.07 Å². The Balaban J connectivity index is 1.57. The number of sulfonamides is 1. The van der Waals surface area contributed by atoms with Gasteiger partial charge in [0.25, 0.3) is 5.69 Å². The first-order valence-electron chi connectivity index (χ1n) is 8.60. The van der Waals surface area contributed by atoms with Crippen LogP contribution in [0.3, 0.4) is 0 Å². The molecule has 0 saturated carbocycles. The van der Waals surface area contributed by atoms with Crippen molar-refractivity contribution in [1.82, 2.24) is 13.1 Å². The van der Waals surface area contributed by atoms with Crippen LogP contribution in [0.2, 0.25) is 0 Å². The summed E-state index contributed by atoms with van der Waals surface area (Å²) in [6.07, 6.45) is 0. The molecule has 0 N–H and O–H groups in total. The molecule has 0 spiro atoms. The van der Waals surface area contributed by atoms with Crippen molar-refractivity contribution >= 4 is 44.2 Å². The quantitative estimate of drug-likeness (QED) is 0.472. The highest BCUT2D eigenvalue weighted by Crippen LogP contribution is 2.29. The molecule has 0 bridgehead atoms. The molecule has 1 aliphatic rings. The van der Waals surface area contributed by atoms with Crippen LogP contribution in [0, 0.1) is 10.1 Å². The van der Waals surface area contributed by atoms with Crippen molar-refractivity contribution in [2.24, 2.45) is 0 Å². The van der Waals surface area contributed by atoms with E-state index >= 15 is 0 Å². The van der Waals surface area contributed by atoms with Gasteiger partial charge in [-0.3, -0.25) is 10.1 Å². The van der Waals surface area contributed by atoms with Crippen LogP contribution in [-0.2, 0) is 10.0 Å². The van der Waals surface area contributed by atoms with E-state index < -0.39 is 14.9 Å². The Morgan fingerprint density at radius 3 is 2.57 bits per heavy atom. The molecule has 0 unspecified atom stereocenters. The molecule has 9 nitrogen and oxygen atoms in total. The highest BCUT2D eigenvalue weighted by Gasteiger charge is 2.35. The average molecular weight is 419 g/mol. The normalized spacial score (nSPS) is 18.5. The van der Waals surface area contributed by atoms with Crippen molar-refractivity contribution in [2.75, 3.05) is 24.5 Å². The molecule has 28 heavy (non-hydrogen) atoms. The van der Waals surface area contributed by atoms with Gasteiger partial charge in [-0.15, -0.1) is 0 Å². The molecule has 0 amide bonds. The second-order valence-corrected chi connectivity index (χ2v) is 8.96. The summed E-state index contributed by atoms with van der Waals surface area (Å²) in [4.78, 5) is 12.6. The van der Waals surface area contributed by atoms with Crippen LogP contribution < -0.4 is 4.90 Å². The predicted molar refractivity (Wildman–Crippen MR) is 106 cm³/mol. The van der Waals surface area contributed by atoms with E-state index in [2.05, 4.69) is 8.75 Å². The fourth-order valence-electron chi connectivity index (χ4n) is 3.43. The zero-order chi connectivity index (χ0) is 19.9. The average Bonchev–Trinajstić information content (AvgIpc) is 3.16. The van der Waals surface area contributed by atoms with Gasteiger partial charge in [0.05, 0.1) is 16.7 Å². The lowest BCUT2D eigenvalue weighted by Crippen LogP contribution is -2.54. The molecular weight excluding hydrogens is 402 g/mol. The second-order valence-electron chi connectivity index (χ2n) is 6.57. The minimum Gasteiger partial charge on any atom is -0.369 e. The van der Waals surface area contributed by atoms with Crippen LogP contribution in [0.1, 0.15) is 6.92 Å². The van der Waals surface area contributed by atoms with Crippen LogP contribution in [0.25, 0.3) is 11.0 Å². The van der Waals surface area contributed by atoms with Gasteiger partial charge < -0.3 is 4.90 Å². The van der Waals surface area contributed by atoms with Gasteiger partial charge in [0.1, 0.15) is 15.9 Å². The molecule has 1 saturated heterocycles. The zero-order valence-corrected chi connectivity index (χ0v) is 16.6. The summed E-state index contributed by atoms with van der Waals surface area (Å²) >= 11 is 0.992. The van der Waals surface area contributed by atoms with Crippen molar-refractivity contribution in [3.63, 3.8) is 0 Å². The molecule has 11 heteroatoms. The molecule has 1 aliphatic heterocycles. The van der Waals surface area contributed by atoms with E-state index in [1.807, 2.05) is 11.8 Å². The van der Waals surface area contributed by atoms with Gasteiger partial charge in [-0.2, -0.15) is 13.1 Å². The Morgan fingerprint density at radius 1 is 1.14 bits per heavy atom. The van der Waals surface area contributed by atoms with E-state index in [0.29, 0.717) is 30.7 Å². The first-order chi connectivity index (χ1) is 13.4. The summed E-state index contributed by atoms with van der Waals surface area (Å²) in [6, 6.07) is 11.0. The number of fused-ring (bicyclic) bond motifs is 1. The molecular formula is C17H17N5O4S2. The van der Waals surface area contributed by atoms with Crippen LogP contribution in [0.4, 0.5) is 11.4 Å². The van der Waals surface area contributed by atoms with Crippen LogP contribution >= 0.6 is 11.7 Å². The van der Waals surface area contributed by atoms with Gasteiger partial charge in [0.15, 0.2) is 0 Å². The monoisotopic (exact) mass is 419 g/mol. The van der Waals surface area contributed by atoms with E-state index in [-0.39, 0.29) is 16.6 Å². The maximum atomic E-state index is 13.2. The number of hydrogen-bond acceptors (Lipinski definition) is 8. The second kappa shape index (κ2) is 7.08. The molecule has 3 aromatic rings. The molecule has 1 fully saturated rings.